The van der Waals surface area contributed by atoms with Gasteiger partial charge in [0.2, 0.25) is 0 Å². The molecule has 1 fully saturated rings. The first-order chi connectivity index (χ1) is 14.0. The second-order valence-corrected chi connectivity index (χ2v) is 7.02. The maximum absolute atomic E-state index is 13.1. The molecule has 0 unspecified atom stereocenters. The van der Waals surface area contributed by atoms with Gasteiger partial charge in [0.05, 0.1) is 10.5 Å². The number of hydrogen-bond donors (Lipinski definition) is 0. The molecule has 0 aliphatic carbocycles. The van der Waals surface area contributed by atoms with Gasteiger partial charge in [0.15, 0.2) is 0 Å². The molecule has 2 aromatic carbocycles. The lowest BCUT2D eigenvalue weighted by Crippen LogP contribution is -2.48. The molecule has 1 saturated heterocycles. The molecule has 7 nitrogen and oxygen atoms in total. The minimum atomic E-state index is -0.405. The first-order valence-electron chi connectivity index (χ1n) is 9.47. The lowest BCUT2D eigenvalue weighted by molar-refractivity contribution is -0.384. The molecule has 1 aliphatic heterocycles. The molecule has 148 valence electrons. The van der Waals surface area contributed by atoms with Crippen LogP contribution >= 0.6 is 0 Å². The molecule has 4 rings (SSSR count). The van der Waals surface area contributed by atoms with E-state index in [1.165, 1.54) is 12.1 Å². The number of carbonyl (C=O) groups is 1. The van der Waals surface area contributed by atoms with Crippen molar-refractivity contribution >= 4 is 17.3 Å². The van der Waals surface area contributed by atoms with Crippen LogP contribution in [0.15, 0.2) is 65.1 Å². The Labute approximate surface area is 168 Å². The van der Waals surface area contributed by atoms with E-state index in [4.69, 9.17) is 4.42 Å². The predicted octanol–water partition coefficient (Wildman–Crippen LogP) is 4.13. The summed E-state index contributed by atoms with van der Waals surface area (Å²) in [7, 11) is 0. The van der Waals surface area contributed by atoms with Crippen molar-refractivity contribution < 1.29 is 14.1 Å². The van der Waals surface area contributed by atoms with Crippen LogP contribution in [0.3, 0.4) is 0 Å². The number of benzene rings is 2. The zero-order chi connectivity index (χ0) is 20.4. The van der Waals surface area contributed by atoms with E-state index in [1.54, 1.807) is 18.2 Å². The fourth-order valence-electron chi connectivity index (χ4n) is 3.60. The SMILES string of the molecule is Cc1cc(C(=O)N2CCN(c3ccc([N+](=O)[O-])cc3)CC2)c(-c2ccccc2)o1. The standard InChI is InChI=1S/C22H21N3O4/c1-16-15-20(21(29-16)17-5-3-2-4-6-17)22(26)24-13-11-23(12-14-24)18-7-9-19(10-8-18)25(27)28/h2-10,15H,11-14H2,1H3. The number of aryl methyl sites for hydroxylation is 1. The van der Waals surface area contributed by atoms with Crippen LogP contribution in [-0.4, -0.2) is 41.9 Å². The number of nitro groups is 1. The van der Waals surface area contributed by atoms with E-state index in [1.807, 2.05) is 42.2 Å². The molecule has 2 heterocycles. The highest BCUT2D eigenvalue weighted by Gasteiger charge is 2.26. The summed E-state index contributed by atoms with van der Waals surface area (Å²) in [6.45, 7) is 4.33. The molecular weight excluding hydrogens is 370 g/mol. The highest BCUT2D eigenvalue weighted by molar-refractivity contribution is 6.00. The van der Waals surface area contributed by atoms with Crippen molar-refractivity contribution in [3.8, 4) is 11.3 Å². The number of furan rings is 1. The normalized spacial score (nSPS) is 14.1. The van der Waals surface area contributed by atoms with Crippen molar-refractivity contribution in [2.75, 3.05) is 31.1 Å². The van der Waals surface area contributed by atoms with Gasteiger partial charge in [-0.05, 0) is 25.1 Å². The Balaban J connectivity index is 1.47. The van der Waals surface area contributed by atoms with Crippen LogP contribution < -0.4 is 4.90 Å². The Kier molecular flexibility index (Phi) is 5.03. The smallest absolute Gasteiger partial charge is 0.269 e. The average Bonchev–Trinajstić information content (AvgIpc) is 3.16. The predicted molar refractivity (Wildman–Crippen MR) is 110 cm³/mol. The van der Waals surface area contributed by atoms with Crippen molar-refractivity contribution in [3.05, 3.63) is 82.1 Å². The van der Waals surface area contributed by atoms with E-state index in [0.29, 0.717) is 43.3 Å². The number of hydrogen-bond acceptors (Lipinski definition) is 5. The molecule has 0 spiro atoms. The maximum atomic E-state index is 13.1. The number of non-ortho nitro benzene ring substituents is 1. The third-order valence-corrected chi connectivity index (χ3v) is 5.11. The molecule has 0 bridgehead atoms. The summed E-state index contributed by atoms with van der Waals surface area (Å²) in [6.07, 6.45) is 0. The Hall–Kier alpha value is -3.61. The van der Waals surface area contributed by atoms with Crippen LogP contribution in [0.4, 0.5) is 11.4 Å². The van der Waals surface area contributed by atoms with Gasteiger partial charge in [-0.1, -0.05) is 30.3 Å². The quantitative estimate of drug-likeness (QED) is 0.494. The van der Waals surface area contributed by atoms with Gasteiger partial charge in [0, 0.05) is 49.6 Å². The number of amides is 1. The Morgan fingerprint density at radius 1 is 1.00 bits per heavy atom. The molecule has 1 aromatic heterocycles. The van der Waals surface area contributed by atoms with Gasteiger partial charge in [-0.3, -0.25) is 14.9 Å². The number of nitrogens with zero attached hydrogens (tertiary/aromatic N) is 3. The van der Waals surface area contributed by atoms with E-state index < -0.39 is 4.92 Å². The molecule has 0 atom stereocenters. The van der Waals surface area contributed by atoms with E-state index in [-0.39, 0.29) is 11.6 Å². The molecule has 0 saturated carbocycles. The molecule has 1 aliphatic rings. The summed E-state index contributed by atoms with van der Waals surface area (Å²) < 4.78 is 5.82. The fourth-order valence-corrected chi connectivity index (χ4v) is 3.60. The lowest BCUT2D eigenvalue weighted by Gasteiger charge is -2.36. The summed E-state index contributed by atoms with van der Waals surface area (Å²) >= 11 is 0. The second kappa shape index (κ2) is 7.79. The third kappa shape index (κ3) is 3.85. The first-order valence-corrected chi connectivity index (χ1v) is 9.47. The van der Waals surface area contributed by atoms with Gasteiger partial charge >= 0.3 is 0 Å². The van der Waals surface area contributed by atoms with E-state index >= 15 is 0 Å². The fraction of sp³-hybridized carbons (Fsp3) is 0.227. The highest BCUT2D eigenvalue weighted by atomic mass is 16.6. The van der Waals surface area contributed by atoms with Gasteiger partial charge in [0.1, 0.15) is 11.5 Å². The Bertz CT molecular complexity index is 1020. The van der Waals surface area contributed by atoms with Gasteiger partial charge in [0.25, 0.3) is 11.6 Å². The van der Waals surface area contributed by atoms with E-state index in [2.05, 4.69) is 4.90 Å². The monoisotopic (exact) mass is 391 g/mol. The van der Waals surface area contributed by atoms with Crippen LogP contribution in [0.1, 0.15) is 16.1 Å². The summed E-state index contributed by atoms with van der Waals surface area (Å²) in [5.74, 6) is 1.27. The van der Waals surface area contributed by atoms with Crippen molar-refractivity contribution in [2.24, 2.45) is 0 Å². The van der Waals surface area contributed by atoms with Gasteiger partial charge in [-0.2, -0.15) is 0 Å². The maximum Gasteiger partial charge on any atom is 0.269 e. The zero-order valence-corrected chi connectivity index (χ0v) is 16.1. The summed E-state index contributed by atoms with van der Waals surface area (Å²) in [5, 5.41) is 10.8. The van der Waals surface area contributed by atoms with Crippen molar-refractivity contribution in [1.82, 2.24) is 4.90 Å². The van der Waals surface area contributed by atoms with Crippen molar-refractivity contribution in [2.45, 2.75) is 6.92 Å². The molecule has 7 heteroatoms. The molecule has 0 N–H and O–H groups in total. The third-order valence-electron chi connectivity index (χ3n) is 5.11. The largest absolute Gasteiger partial charge is 0.461 e. The van der Waals surface area contributed by atoms with Crippen LogP contribution in [0.2, 0.25) is 0 Å². The molecule has 0 radical (unpaired) electrons. The Morgan fingerprint density at radius 2 is 1.66 bits per heavy atom. The number of anilines is 1. The lowest BCUT2D eigenvalue weighted by atomic mass is 10.1. The topological polar surface area (TPSA) is 79.8 Å². The number of carbonyl (C=O) groups excluding carboxylic acids is 1. The number of nitro benzene ring substituents is 1. The summed E-state index contributed by atoms with van der Waals surface area (Å²) in [5.41, 5.74) is 2.46. The Morgan fingerprint density at radius 3 is 2.28 bits per heavy atom. The summed E-state index contributed by atoms with van der Waals surface area (Å²) in [6, 6.07) is 18.0. The van der Waals surface area contributed by atoms with Crippen molar-refractivity contribution in [1.29, 1.82) is 0 Å². The van der Waals surface area contributed by atoms with E-state index in [0.717, 1.165) is 11.3 Å². The first kappa shape index (κ1) is 18.7. The van der Waals surface area contributed by atoms with E-state index in [9.17, 15) is 14.9 Å². The van der Waals surface area contributed by atoms with Crippen LogP contribution in [-0.2, 0) is 0 Å². The summed E-state index contributed by atoms with van der Waals surface area (Å²) in [4.78, 5) is 27.5. The minimum Gasteiger partial charge on any atom is -0.461 e. The minimum absolute atomic E-state index is 0.0379. The number of piperazine rings is 1. The second-order valence-electron chi connectivity index (χ2n) is 7.02. The molecule has 1 amide bonds. The highest BCUT2D eigenvalue weighted by Crippen LogP contribution is 2.29. The van der Waals surface area contributed by atoms with Gasteiger partial charge in [-0.25, -0.2) is 0 Å². The van der Waals surface area contributed by atoms with Crippen molar-refractivity contribution in [3.63, 3.8) is 0 Å². The average molecular weight is 391 g/mol. The molecular formula is C22H21N3O4. The zero-order valence-electron chi connectivity index (χ0n) is 16.1. The number of rotatable bonds is 4. The van der Waals surface area contributed by atoms with Gasteiger partial charge in [-0.15, -0.1) is 0 Å². The molecule has 29 heavy (non-hydrogen) atoms. The molecule has 3 aromatic rings. The van der Waals surface area contributed by atoms with Crippen LogP contribution in [0, 0.1) is 17.0 Å². The van der Waals surface area contributed by atoms with Gasteiger partial charge < -0.3 is 14.2 Å². The van der Waals surface area contributed by atoms with Crippen LogP contribution in [0.5, 0.6) is 0 Å². The van der Waals surface area contributed by atoms with Crippen LogP contribution in [0.25, 0.3) is 11.3 Å².